The highest BCUT2D eigenvalue weighted by Crippen LogP contribution is 2.39. The average Bonchev–Trinajstić information content (AvgIpc) is 2.56. The summed E-state index contributed by atoms with van der Waals surface area (Å²) in [6, 6.07) is 9.21. The van der Waals surface area contributed by atoms with Crippen LogP contribution in [0.1, 0.15) is 17.9 Å². The Morgan fingerprint density at radius 3 is 2.73 bits per heavy atom. The Balaban J connectivity index is 2.33. The van der Waals surface area contributed by atoms with Crippen molar-refractivity contribution in [1.82, 2.24) is 0 Å². The van der Waals surface area contributed by atoms with Gasteiger partial charge in [-0.15, -0.1) is 0 Å². The van der Waals surface area contributed by atoms with Crippen LogP contribution in [0.2, 0.25) is 0 Å². The van der Waals surface area contributed by atoms with Crippen LogP contribution in [0.3, 0.4) is 0 Å². The number of aliphatic hydroxyl groups is 1. The summed E-state index contributed by atoms with van der Waals surface area (Å²) in [6.45, 7) is 0. The summed E-state index contributed by atoms with van der Waals surface area (Å²) in [6.07, 6.45) is 0.133. The molecule has 1 aliphatic rings. The summed E-state index contributed by atoms with van der Waals surface area (Å²) in [4.78, 5) is 11.1. The van der Waals surface area contributed by atoms with E-state index in [0.717, 1.165) is 5.56 Å². The minimum Gasteiger partial charge on any atom is -0.407 e. The zero-order chi connectivity index (χ0) is 10.9. The van der Waals surface area contributed by atoms with Gasteiger partial charge in [0.25, 0.3) is 0 Å². The van der Waals surface area contributed by atoms with Crippen LogP contribution >= 0.6 is 0 Å². The minimum absolute atomic E-state index is 0.133. The molecule has 1 saturated heterocycles. The Morgan fingerprint density at radius 2 is 2.13 bits per heavy atom. The molecule has 0 aliphatic carbocycles. The van der Waals surface area contributed by atoms with Gasteiger partial charge >= 0.3 is 11.9 Å². The Bertz CT molecular complexity index is 362. The zero-order valence-corrected chi connectivity index (χ0v) is 8.34. The monoisotopic (exact) mass is 208 g/mol. The first kappa shape index (κ1) is 10.1. The van der Waals surface area contributed by atoms with Gasteiger partial charge in [-0.2, -0.15) is 0 Å². The molecule has 15 heavy (non-hydrogen) atoms. The molecule has 1 aliphatic heterocycles. The topological polar surface area (TPSA) is 55.8 Å². The Morgan fingerprint density at radius 1 is 1.47 bits per heavy atom. The van der Waals surface area contributed by atoms with E-state index in [4.69, 9.17) is 9.47 Å². The van der Waals surface area contributed by atoms with E-state index in [1.54, 1.807) is 0 Å². The number of carbonyl (C=O) groups excluding carboxylic acids is 1. The molecule has 0 aromatic heterocycles. The van der Waals surface area contributed by atoms with E-state index in [1.165, 1.54) is 7.11 Å². The summed E-state index contributed by atoms with van der Waals surface area (Å²) in [5, 5.41) is 9.92. The fourth-order valence-electron chi connectivity index (χ4n) is 1.77. The summed E-state index contributed by atoms with van der Waals surface area (Å²) >= 11 is 0. The lowest BCUT2D eigenvalue weighted by molar-refractivity contribution is -0.324. The number of benzene rings is 1. The Hall–Kier alpha value is -1.39. The van der Waals surface area contributed by atoms with Gasteiger partial charge in [-0.1, -0.05) is 30.3 Å². The van der Waals surface area contributed by atoms with Crippen molar-refractivity contribution in [3.8, 4) is 0 Å². The first-order chi connectivity index (χ1) is 7.15. The number of rotatable bonds is 2. The van der Waals surface area contributed by atoms with Gasteiger partial charge in [-0.3, -0.25) is 4.79 Å². The maximum absolute atomic E-state index is 11.1. The van der Waals surface area contributed by atoms with Crippen LogP contribution in [-0.4, -0.2) is 24.2 Å². The maximum atomic E-state index is 11.1. The lowest BCUT2D eigenvalue weighted by Gasteiger charge is -2.25. The molecule has 1 fully saturated rings. The molecule has 0 radical (unpaired) electrons. The highest BCUT2D eigenvalue weighted by Gasteiger charge is 2.49. The fraction of sp³-hybridized carbons (Fsp3) is 0.364. The second-order valence-electron chi connectivity index (χ2n) is 3.48. The lowest BCUT2D eigenvalue weighted by atomic mass is 9.95. The molecule has 1 N–H and O–H groups in total. The van der Waals surface area contributed by atoms with E-state index in [0.29, 0.717) is 0 Å². The molecule has 0 bridgehead atoms. The van der Waals surface area contributed by atoms with Crippen molar-refractivity contribution >= 4 is 5.97 Å². The maximum Gasteiger partial charge on any atom is 0.334 e. The van der Waals surface area contributed by atoms with Crippen molar-refractivity contribution in [1.29, 1.82) is 0 Å². The molecule has 1 heterocycles. The highest BCUT2D eigenvalue weighted by atomic mass is 16.8. The van der Waals surface area contributed by atoms with E-state index < -0.39 is 17.9 Å². The number of carbonyl (C=O) groups is 1. The van der Waals surface area contributed by atoms with Crippen molar-refractivity contribution in [2.24, 2.45) is 0 Å². The number of methoxy groups -OCH3 is 1. The third kappa shape index (κ3) is 1.73. The van der Waals surface area contributed by atoms with Crippen molar-refractivity contribution in [2.45, 2.75) is 18.3 Å². The predicted molar refractivity (Wildman–Crippen MR) is 51.9 cm³/mol. The zero-order valence-electron chi connectivity index (χ0n) is 8.34. The molecule has 2 rings (SSSR count). The lowest BCUT2D eigenvalue weighted by Crippen LogP contribution is -2.36. The molecule has 1 aromatic rings. The number of ether oxygens (including phenoxy) is 2. The first-order valence-electron chi connectivity index (χ1n) is 4.70. The molecule has 2 atom stereocenters. The Labute approximate surface area is 87.4 Å². The SMILES string of the molecule is COC1(O)OC(=O)CC1c1ccccc1. The molecule has 0 amide bonds. The van der Waals surface area contributed by atoms with E-state index in [1.807, 2.05) is 30.3 Å². The molecule has 0 spiro atoms. The van der Waals surface area contributed by atoms with Gasteiger partial charge in [0.15, 0.2) is 0 Å². The van der Waals surface area contributed by atoms with E-state index in [-0.39, 0.29) is 6.42 Å². The largest absolute Gasteiger partial charge is 0.407 e. The first-order valence-corrected chi connectivity index (χ1v) is 4.70. The van der Waals surface area contributed by atoms with E-state index >= 15 is 0 Å². The standard InChI is InChI=1S/C11H12O4/c1-14-11(13)9(7-10(12)15-11)8-5-3-2-4-6-8/h2-6,9,13H,7H2,1H3. The number of hydrogen-bond acceptors (Lipinski definition) is 4. The van der Waals surface area contributed by atoms with Gasteiger partial charge in [-0.05, 0) is 5.56 Å². The average molecular weight is 208 g/mol. The van der Waals surface area contributed by atoms with Crippen LogP contribution < -0.4 is 0 Å². The van der Waals surface area contributed by atoms with Gasteiger partial charge < -0.3 is 14.6 Å². The summed E-state index contributed by atoms with van der Waals surface area (Å²) in [5.41, 5.74) is 0.827. The third-order valence-corrected chi connectivity index (χ3v) is 2.57. The predicted octanol–water partition coefficient (Wildman–Crippen LogP) is 1.01. The number of esters is 1. The summed E-state index contributed by atoms with van der Waals surface area (Å²) < 4.78 is 9.61. The molecular weight excluding hydrogens is 196 g/mol. The van der Waals surface area contributed by atoms with Crippen LogP contribution in [0.4, 0.5) is 0 Å². The normalized spacial score (nSPS) is 30.3. The molecule has 2 unspecified atom stereocenters. The van der Waals surface area contributed by atoms with Crippen molar-refractivity contribution in [3.63, 3.8) is 0 Å². The second-order valence-corrected chi connectivity index (χ2v) is 3.48. The molecule has 4 heteroatoms. The van der Waals surface area contributed by atoms with E-state index in [2.05, 4.69) is 0 Å². The minimum atomic E-state index is -1.82. The van der Waals surface area contributed by atoms with Crippen molar-refractivity contribution < 1.29 is 19.4 Å². The molecule has 0 saturated carbocycles. The third-order valence-electron chi connectivity index (χ3n) is 2.57. The van der Waals surface area contributed by atoms with Crippen LogP contribution in [0.15, 0.2) is 30.3 Å². The van der Waals surface area contributed by atoms with Gasteiger partial charge in [0.1, 0.15) is 0 Å². The van der Waals surface area contributed by atoms with Crippen LogP contribution in [0, 0.1) is 0 Å². The fourth-order valence-corrected chi connectivity index (χ4v) is 1.77. The number of hydrogen-bond donors (Lipinski definition) is 1. The van der Waals surface area contributed by atoms with Crippen LogP contribution in [0.5, 0.6) is 0 Å². The van der Waals surface area contributed by atoms with Gasteiger partial charge in [0.2, 0.25) is 0 Å². The molecule has 4 nitrogen and oxygen atoms in total. The molecular formula is C11H12O4. The quantitative estimate of drug-likeness (QED) is 0.582. The molecule has 80 valence electrons. The Kier molecular flexibility index (Phi) is 2.46. The van der Waals surface area contributed by atoms with Gasteiger partial charge in [0, 0.05) is 7.11 Å². The van der Waals surface area contributed by atoms with Crippen LogP contribution in [-0.2, 0) is 14.3 Å². The summed E-state index contributed by atoms with van der Waals surface area (Å²) in [7, 11) is 1.31. The van der Waals surface area contributed by atoms with Gasteiger partial charge in [0.05, 0.1) is 12.3 Å². The smallest absolute Gasteiger partial charge is 0.334 e. The van der Waals surface area contributed by atoms with E-state index in [9.17, 15) is 9.90 Å². The summed E-state index contributed by atoms with van der Waals surface area (Å²) in [5.74, 6) is -2.73. The van der Waals surface area contributed by atoms with Crippen molar-refractivity contribution in [2.75, 3.05) is 7.11 Å². The van der Waals surface area contributed by atoms with Crippen molar-refractivity contribution in [3.05, 3.63) is 35.9 Å². The molecule has 1 aromatic carbocycles. The number of cyclic esters (lactones) is 1. The van der Waals surface area contributed by atoms with Gasteiger partial charge in [-0.25, -0.2) is 0 Å². The highest BCUT2D eigenvalue weighted by molar-refractivity contribution is 5.73. The van der Waals surface area contributed by atoms with Crippen LogP contribution in [0.25, 0.3) is 0 Å². The second kappa shape index (κ2) is 3.64.